The highest BCUT2D eigenvalue weighted by atomic mass is 16.6. The highest BCUT2D eigenvalue weighted by Crippen LogP contribution is 2.29. The van der Waals surface area contributed by atoms with Crippen LogP contribution in [0.15, 0.2) is 54.9 Å². The number of hydrogen-bond acceptors (Lipinski definition) is 6. The molecular weight excluding hydrogens is 342 g/mol. The fourth-order valence-corrected chi connectivity index (χ4v) is 2.57. The first-order valence-corrected chi connectivity index (χ1v) is 8.60. The molecule has 27 heavy (non-hydrogen) atoms. The molecule has 0 aliphatic heterocycles. The summed E-state index contributed by atoms with van der Waals surface area (Å²) < 4.78 is 5.31. The quantitative estimate of drug-likeness (QED) is 0.710. The van der Waals surface area contributed by atoms with Crippen LogP contribution in [-0.2, 0) is 16.0 Å². The smallest absolute Gasteiger partial charge is 0.312 e. The van der Waals surface area contributed by atoms with Gasteiger partial charge in [-0.2, -0.15) is 10.2 Å². The lowest BCUT2D eigenvalue weighted by atomic mass is 10.1. The molecule has 0 aliphatic carbocycles. The maximum absolute atomic E-state index is 11.9. The number of carbonyl (C=O) groups is 1. The Kier molecular flexibility index (Phi) is 5.16. The summed E-state index contributed by atoms with van der Waals surface area (Å²) in [6.07, 6.45) is 3.44. The van der Waals surface area contributed by atoms with E-state index >= 15 is 0 Å². The first-order valence-electron chi connectivity index (χ1n) is 8.60. The Morgan fingerprint density at radius 1 is 1.07 bits per heavy atom. The third-order valence-electron chi connectivity index (χ3n) is 3.74. The van der Waals surface area contributed by atoms with Crippen molar-refractivity contribution in [3.63, 3.8) is 0 Å². The minimum absolute atomic E-state index is 0.120. The molecule has 0 bridgehead atoms. The number of esters is 1. The monoisotopic (exact) mass is 363 g/mol. The second-order valence-electron chi connectivity index (χ2n) is 7.15. The number of phenolic OH excluding ortho intramolecular Hbond substituents is 1. The summed E-state index contributed by atoms with van der Waals surface area (Å²) in [5.41, 5.74) is 2.97. The average Bonchev–Trinajstić information content (AvgIpc) is 2.61. The molecule has 3 rings (SSSR count). The SMILES string of the molecule is CC(C)(C)OC(=O)Cc1ccc(-c2cnnc(-c3ccccc3O)c2)cn1. The first kappa shape index (κ1) is 18.5. The van der Waals surface area contributed by atoms with E-state index in [1.54, 1.807) is 36.7 Å². The van der Waals surface area contributed by atoms with E-state index in [-0.39, 0.29) is 18.1 Å². The molecule has 0 saturated heterocycles. The van der Waals surface area contributed by atoms with Gasteiger partial charge >= 0.3 is 5.97 Å². The molecule has 1 aromatic carbocycles. The van der Waals surface area contributed by atoms with Crippen LogP contribution in [0.25, 0.3) is 22.4 Å². The second-order valence-corrected chi connectivity index (χ2v) is 7.15. The number of aromatic nitrogens is 3. The van der Waals surface area contributed by atoms with Gasteiger partial charge in [0.25, 0.3) is 0 Å². The van der Waals surface area contributed by atoms with Gasteiger partial charge in [0.05, 0.1) is 24.0 Å². The highest BCUT2D eigenvalue weighted by molar-refractivity contribution is 5.74. The van der Waals surface area contributed by atoms with Gasteiger partial charge in [-0.05, 0) is 45.0 Å². The topological polar surface area (TPSA) is 85.2 Å². The van der Waals surface area contributed by atoms with Crippen LogP contribution < -0.4 is 0 Å². The number of nitrogens with zero attached hydrogens (tertiary/aromatic N) is 3. The number of benzene rings is 1. The van der Waals surface area contributed by atoms with Crippen LogP contribution in [0, 0.1) is 0 Å². The standard InChI is InChI=1S/C21H21N3O3/c1-21(2,3)27-20(26)11-16-9-8-14(12-22-16)15-10-18(24-23-13-15)17-6-4-5-7-19(17)25/h4-10,12-13,25H,11H2,1-3H3. The van der Waals surface area contributed by atoms with Gasteiger partial charge in [0.2, 0.25) is 0 Å². The number of para-hydroxylation sites is 1. The lowest BCUT2D eigenvalue weighted by Gasteiger charge is -2.19. The molecule has 6 nitrogen and oxygen atoms in total. The van der Waals surface area contributed by atoms with Gasteiger partial charge in [-0.1, -0.05) is 18.2 Å². The van der Waals surface area contributed by atoms with Crippen molar-refractivity contribution in [1.29, 1.82) is 0 Å². The Bertz CT molecular complexity index is 947. The molecular formula is C21H21N3O3. The zero-order valence-corrected chi connectivity index (χ0v) is 15.5. The fourth-order valence-electron chi connectivity index (χ4n) is 2.57. The van der Waals surface area contributed by atoms with Crippen LogP contribution in [0.1, 0.15) is 26.5 Å². The van der Waals surface area contributed by atoms with Gasteiger partial charge in [0, 0.05) is 22.9 Å². The number of ether oxygens (including phenoxy) is 1. The maximum atomic E-state index is 11.9. The molecule has 3 aromatic rings. The molecule has 0 spiro atoms. The Labute approximate surface area is 157 Å². The molecule has 1 N–H and O–H groups in total. The van der Waals surface area contributed by atoms with E-state index in [1.165, 1.54) is 0 Å². The largest absolute Gasteiger partial charge is 0.507 e. The number of hydrogen-bond donors (Lipinski definition) is 1. The first-order chi connectivity index (χ1) is 12.8. The number of carbonyl (C=O) groups excluding carboxylic acids is 1. The highest BCUT2D eigenvalue weighted by Gasteiger charge is 2.17. The van der Waals surface area contributed by atoms with Crippen LogP contribution >= 0.6 is 0 Å². The molecule has 2 heterocycles. The maximum Gasteiger partial charge on any atom is 0.312 e. The average molecular weight is 363 g/mol. The predicted octanol–water partition coefficient (Wildman–Crippen LogP) is 3.80. The van der Waals surface area contributed by atoms with Gasteiger partial charge in [-0.25, -0.2) is 0 Å². The van der Waals surface area contributed by atoms with Crippen molar-refractivity contribution in [2.45, 2.75) is 32.8 Å². The van der Waals surface area contributed by atoms with E-state index in [9.17, 15) is 9.90 Å². The van der Waals surface area contributed by atoms with Crippen LogP contribution in [-0.4, -0.2) is 31.9 Å². The number of aromatic hydroxyl groups is 1. The predicted molar refractivity (Wildman–Crippen MR) is 102 cm³/mol. The fraction of sp³-hybridized carbons (Fsp3) is 0.238. The zero-order valence-electron chi connectivity index (χ0n) is 15.5. The molecule has 0 unspecified atom stereocenters. The molecule has 0 saturated carbocycles. The van der Waals surface area contributed by atoms with Crippen molar-refractivity contribution >= 4 is 5.97 Å². The third-order valence-corrected chi connectivity index (χ3v) is 3.74. The third kappa shape index (κ3) is 4.88. The van der Waals surface area contributed by atoms with Gasteiger partial charge in [0.1, 0.15) is 11.4 Å². The summed E-state index contributed by atoms with van der Waals surface area (Å²) in [6, 6.07) is 12.5. The molecule has 0 amide bonds. The van der Waals surface area contributed by atoms with E-state index in [4.69, 9.17) is 4.74 Å². The Hall–Kier alpha value is -3.28. The van der Waals surface area contributed by atoms with Crippen molar-refractivity contribution in [3.8, 4) is 28.1 Å². The number of phenols is 1. The Morgan fingerprint density at radius 3 is 2.52 bits per heavy atom. The lowest BCUT2D eigenvalue weighted by Crippen LogP contribution is -2.25. The molecule has 138 valence electrons. The summed E-state index contributed by atoms with van der Waals surface area (Å²) in [6.45, 7) is 5.50. The van der Waals surface area contributed by atoms with Gasteiger partial charge in [-0.3, -0.25) is 9.78 Å². The minimum Gasteiger partial charge on any atom is -0.507 e. The number of rotatable bonds is 4. The van der Waals surface area contributed by atoms with E-state index in [1.807, 2.05) is 39.0 Å². The zero-order chi connectivity index (χ0) is 19.4. The normalized spacial score (nSPS) is 11.2. The van der Waals surface area contributed by atoms with E-state index in [0.717, 1.165) is 11.1 Å². The molecule has 0 fully saturated rings. The van der Waals surface area contributed by atoms with E-state index in [0.29, 0.717) is 17.0 Å². The van der Waals surface area contributed by atoms with Crippen molar-refractivity contribution in [2.24, 2.45) is 0 Å². The second kappa shape index (κ2) is 7.53. The summed E-state index contributed by atoms with van der Waals surface area (Å²) in [5, 5.41) is 18.1. The van der Waals surface area contributed by atoms with Gasteiger partial charge in [-0.15, -0.1) is 0 Å². The lowest BCUT2D eigenvalue weighted by molar-refractivity contribution is -0.153. The van der Waals surface area contributed by atoms with Crippen molar-refractivity contribution in [2.75, 3.05) is 0 Å². The Balaban J connectivity index is 1.79. The van der Waals surface area contributed by atoms with Crippen molar-refractivity contribution < 1.29 is 14.6 Å². The molecule has 2 aromatic heterocycles. The summed E-state index contributed by atoms with van der Waals surface area (Å²) in [5.74, 6) is -0.162. The Morgan fingerprint density at radius 2 is 1.85 bits per heavy atom. The van der Waals surface area contributed by atoms with Gasteiger partial charge < -0.3 is 9.84 Å². The van der Waals surface area contributed by atoms with Gasteiger partial charge in [0.15, 0.2) is 0 Å². The van der Waals surface area contributed by atoms with E-state index < -0.39 is 5.60 Å². The van der Waals surface area contributed by atoms with E-state index in [2.05, 4.69) is 15.2 Å². The molecule has 0 radical (unpaired) electrons. The number of pyridine rings is 1. The summed E-state index contributed by atoms with van der Waals surface area (Å²) >= 11 is 0. The van der Waals surface area contributed by atoms with Crippen LogP contribution in [0.4, 0.5) is 0 Å². The summed E-state index contributed by atoms with van der Waals surface area (Å²) in [7, 11) is 0. The van der Waals surface area contributed by atoms with Crippen molar-refractivity contribution in [3.05, 3.63) is 60.6 Å². The minimum atomic E-state index is -0.515. The van der Waals surface area contributed by atoms with Crippen molar-refractivity contribution in [1.82, 2.24) is 15.2 Å². The molecule has 6 heteroatoms. The molecule has 0 aliphatic rings. The van der Waals surface area contributed by atoms with Crippen LogP contribution in [0.3, 0.4) is 0 Å². The van der Waals surface area contributed by atoms with Crippen LogP contribution in [0.2, 0.25) is 0 Å². The molecule has 0 atom stereocenters. The van der Waals surface area contributed by atoms with Crippen LogP contribution in [0.5, 0.6) is 5.75 Å². The summed E-state index contributed by atoms with van der Waals surface area (Å²) in [4.78, 5) is 16.3.